The summed E-state index contributed by atoms with van der Waals surface area (Å²) in [5.41, 5.74) is 5.27. The minimum atomic E-state index is -0.913. The van der Waals surface area contributed by atoms with E-state index in [0.717, 1.165) is 29.4 Å². The van der Waals surface area contributed by atoms with Gasteiger partial charge in [0, 0.05) is 57.4 Å². The second-order valence-electron chi connectivity index (χ2n) is 7.22. The summed E-state index contributed by atoms with van der Waals surface area (Å²) in [5.74, 6) is 2.20. The fourth-order valence-corrected chi connectivity index (χ4v) is 5.30. The Morgan fingerprint density at radius 2 is 1.96 bits per heavy atom. The first kappa shape index (κ1) is 19.5. The van der Waals surface area contributed by atoms with Crippen molar-refractivity contribution in [3.8, 4) is 0 Å². The normalized spacial score (nSPS) is 18.2. The van der Waals surface area contributed by atoms with Crippen molar-refractivity contribution >= 4 is 39.0 Å². The molecule has 2 unspecified atom stereocenters. The molecule has 0 bridgehead atoms. The fraction of sp³-hybridized carbons (Fsp3) is 0.304. The van der Waals surface area contributed by atoms with Gasteiger partial charge < -0.3 is 10.3 Å². The van der Waals surface area contributed by atoms with Crippen molar-refractivity contribution in [2.24, 2.45) is 0 Å². The Kier molecular flexibility index (Phi) is 6.35. The number of benzene rings is 2. The number of rotatable bonds is 7. The Morgan fingerprint density at radius 3 is 2.79 bits per heavy atom. The van der Waals surface area contributed by atoms with E-state index in [9.17, 15) is 4.21 Å². The molecule has 1 aliphatic rings. The van der Waals surface area contributed by atoms with Crippen LogP contribution in [0.25, 0.3) is 16.5 Å². The van der Waals surface area contributed by atoms with Crippen LogP contribution in [0.4, 0.5) is 0 Å². The Labute approximate surface area is 173 Å². The van der Waals surface area contributed by atoms with Gasteiger partial charge in [-0.25, -0.2) is 0 Å². The van der Waals surface area contributed by atoms with Crippen molar-refractivity contribution in [1.82, 2.24) is 10.3 Å². The van der Waals surface area contributed by atoms with Crippen molar-refractivity contribution in [2.75, 3.05) is 18.6 Å². The number of hydrogen-bond donors (Lipinski definition) is 2. The summed E-state index contributed by atoms with van der Waals surface area (Å²) >= 11 is 2.01. The zero-order valence-electron chi connectivity index (χ0n) is 16.1. The molecule has 4 rings (SSSR count). The van der Waals surface area contributed by atoms with Crippen LogP contribution >= 0.6 is 11.8 Å². The summed E-state index contributed by atoms with van der Waals surface area (Å²) in [6.45, 7) is 0.925. The van der Waals surface area contributed by atoms with Crippen molar-refractivity contribution in [3.05, 3.63) is 71.9 Å². The highest BCUT2D eigenvalue weighted by atomic mass is 32.2. The third-order valence-corrected chi connectivity index (χ3v) is 7.30. The summed E-state index contributed by atoms with van der Waals surface area (Å²) in [6.07, 6.45) is 8.38. The molecule has 0 saturated carbocycles. The molecule has 0 radical (unpaired) electrons. The summed E-state index contributed by atoms with van der Waals surface area (Å²) < 4.78 is 11.6. The summed E-state index contributed by atoms with van der Waals surface area (Å²) in [7, 11) is -0.913. The molecular formula is C23H26N2OS2. The Bertz CT molecular complexity index is 991. The number of nitrogens with one attached hydrogen (secondary N) is 2. The highest BCUT2D eigenvalue weighted by Gasteiger charge is 2.16. The Hall–Kier alpha value is -1.82. The third-order valence-electron chi connectivity index (χ3n) is 5.32. The molecule has 0 spiro atoms. The van der Waals surface area contributed by atoms with E-state index in [1.54, 1.807) is 6.26 Å². The number of para-hydroxylation sites is 1. The van der Waals surface area contributed by atoms with Crippen molar-refractivity contribution < 1.29 is 4.21 Å². The van der Waals surface area contributed by atoms with Crippen LogP contribution in [0, 0.1) is 0 Å². The largest absolute Gasteiger partial charge is 0.361 e. The zero-order chi connectivity index (χ0) is 19.3. The van der Waals surface area contributed by atoms with E-state index in [4.69, 9.17) is 0 Å². The van der Waals surface area contributed by atoms with E-state index in [2.05, 4.69) is 59.0 Å². The number of fused-ring (bicyclic) bond motifs is 1. The van der Waals surface area contributed by atoms with Crippen molar-refractivity contribution in [3.63, 3.8) is 0 Å². The lowest BCUT2D eigenvalue weighted by atomic mass is 9.94. The van der Waals surface area contributed by atoms with Crippen molar-refractivity contribution in [1.29, 1.82) is 0 Å². The maximum absolute atomic E-state index is 11.6. The molecule has 2 heterocycles. The van der Waals surface area contributed by atoms with Crippen LogP contribution in [0.5, 0.6) is 0 Å². The van der Waals surface area contributed by atoms with E-state index in [0.29, 0.717) is 6.04 Å². The fourth-order valence-electron chi connectivity index (χ4n) is 3.73. The number of aromatic nitrogens is 1. The molecule has 0 amide bonds. The molecule has 1 aliphatic heterocycles. The van der Waals surface area contributed by atoms with Gasteiger partial charge in [-0.15, -0.1) is 0 Å². The van der Waals surface area contributed by atoms with Crippen LogP contribution in [-0.4, -0.2) is 33.8 Å². The molecule has 5 heteroatoms. The first-order valence-electron chi connectivity index (χ1n) is 9.70. The van der Waals surface area contributed by atoms with E-state index in [-0.39, 0.29) is 0 Å². The van der Waals surface area contributed by atoms with Gasteiger partial charge in [0.2, 0.25) is 0 Å². The molecule has 3 aromatic rings. The first-order chi connectivity index (χ1) is 13.7. The predicted molar refractivity (Wildman–Crippen MR) is 122 cm³/mol. The molecule has 0 saturated heterocycles. The molecule has 3 nitrogen and oxygen atoms in total. The number of aromatic amines is 1. The first-order valence-corrected chi connectivity index (χ1v) is 12.4. The smallest absolute Gasteiger partial charge is 0.0498 e. The van der Waals surface area contributed by atoms with E-state index < -0.39 is 10.8 Å². The average Bonchev–Trinajstić information content (AvgIpc) is 3.15. The lowest BCUT2D eigenvalue weighted by Gasteiger charge is -2.24. The van der Waals surface area contributed by atoms with Gasteiger partial charge in [-0.3, -0.25) is 4.21 Å². The van der Waals surface area contributed by atoms with Crippen LogP contribution in [0.1, 0.15) is 24.0 Å². The maximum atomic E-state index is 11.6. The molecule has 2 atom stereocenters. The molecular weight excluding hydrogens is 384 g/mol. The van der Waals surface area contributed by atoms with Crippen LogP contribution in [0.2, 0.25) is 0 Å². The standard InChI is InChI=1S/C23H26N2OS2/c1-28(26)21-8-6-17(7-9-21)18-10-12-24-20(14-18)11-13-27-16-19-15-25-23-5-3-2-4-22(19)23/h2-10,15,20,24-25H,11-14,16H2,1H3. The van der Waals surface area contributed by atoms with Crippen LogP contribution in [0.15, 0.2) is 65.7 Å². The second-order valence-corrected chi connectivity index (χ2v) is 9.70. The van der Waals surface area contributed by atoms with E-state index in [1.807, 2.05) is 23.9 Å². The van der Waals surface area contributed by atoms with Gasteiger partial charge in [0.1, 0.15) is 0 Å². The monoisotopic (exact) mass is 410 g/mol. The van der Waals surface area contributed by atoms with Gasteiger partial charge in [0.05, 0.1) is 0 Å². The summed E-state index contributed by atoms with van der Waals surface area (Å²) in [5, 5.41) is 4.97. The number of hydrogen-bond acceptors (Lipinski definition) is 3. The van der Waals surface area contributed by atoms with Crippen LogP contribution in [-0.2, 0) is 16.6 Å². The Morgan fingerprint density at radius 1 is 1.14 bits per heavy atom. The molecule has 28 heavy (non-hydrogen) atoms. The second kappa shape index (κ2) is 9.12. The van der Waals surface area contributed by atoms with E-state index >= 15 is 0 Å². The molecule has 0 fully saturated rings. The molecule has 1 aromatic heterocycles. The Balaban J connectivity index is 1.28. The average molecular weight is 411 g/mol. The third kappa shape index (κ3) is 4.59. The number of thioether (sulfide) groups is 1. The minimum absolute atomic E-state index is 0.524. The van der Waals surface area contributed by atoms with Gasteiger partial charge in [-0.2, -0.15) is 11.8 Å². The van der Waals surface area contributed by atoms with Crippen LogP contribution < -0.4 is 5.32 Å². The highest BCUT2D eigenvalue weighted by molar-refractivity contribution is 7.98. The molecule has 0 aliphatic carbocycles. The molecule has 2 N–H and O–H groups in total. The highest BCUT2D eigenvalue weighted by Crippen LogP contribution is 2.27. The minimum Gasteiger partial charge on any atom is -0.361 e. The van der Waals surface area contributed by atoms with Gasteiger partial charge in [-0.05, 0) is 53.5 Å². The summed E-state index contributed by atoms with van der Waals surface area (Å²) in [4.78, 5) is 4.25. The quantitative estimate of drug-likeness (QED) is 0.540. The predicted octanol–water partition coefficient (Wildman–Crippen LogP) is 4.97. The summed E-state index contributed by atoms with van der Waals surface area (Å²) in [6, 6.07) is 17.2. The van der Waals surface area contributed by atoms with Gasteiger partial charge in [-0.1, -0.05) is 36.4 Å². The number of H-pyrrole nitrogens is 1. The molecule has 2 aromatic carbocycles. The van der Waals surface area contributed by atoms with Gasteiger partial charge in [0.15, 0.2) is 0 Å². The lowest BCUT2D eigenvalue weighted by Crippen LogP contribution is -2.33. The van der Waals surface area contributed by atoms with Gasteiger partial charge >= 0.3 is 0 Å². The van der Waals surface area contributed by atoms with Crippen molar-refractivity contribution in [2.45, 2.75) is 29.5 Å². The molecule has 146 valence electrons. The van der Waals surface area contributed by atoms with Crippen LogP contribution in [0.3, 0.4) is 0 Å². The van der Waals surface area contributed by atoms with Gasteiger partial charge in [0.25, 0.3) is 0 Å². The van der Waals surface area contributed by atoms with E-state index in [1.165, 1.54) is 34.0 Å². The zero-order valence-corrected chi connectivity index (χ0v) is 17.7. The maximum Gasteiger partial charge on any atom is 0.0498 e. The topological polar surface area (TPSA) is 44.9 Å². The SMILES string of the molecule is CS(=O)c1ccc(C2=CCNC(CCSCc3c[nH]c4ccccc34)C2)cc1. The lowest BCUT2D eigenvalue weighted by molar-refractivity contribution is 0.525.